The Kier molecular flexibility index (Phi) is 4.12. The zero-order valence-electron chi connectivity index (χ0n) is 9.76. The molecule has 0 aromatic rings. The van der Waals surface area contributed by atoms with Crippen molar-refractivity contribution in [2.24, 2.45) is 0 Å². The minimum atomic E-state index is -2.44. The van der Waals surface area contributed by atoms with Crippen molar-refractivity contribution in [2.75, 3.05) is 21.3 Å². The van der Waals surface area contributed by atoms with E-state index in [4.69, 9.17) is 13.3 Å². The Hall–Kier alpha value is 0.0969. The van der Waals surface area contributed by atoms with Gasteiger partial charge in [0.05, 0.1) is 0 Å². The fourth-order valence-electron chi connectivity index (χ4n) is 2.63. The van der Waals surface area contributed by atoms with E-state index in [1.165, 1.54) is 19.3 Å². The van der Waals surface area contributed by atoms with Crippen molar-refractivity contribution in [2.45, 2.75) is 44.1 Å². The summed E-state index contributed by atoms with van der Waals surface area (Å²) >= 11 is 0. The average Bonchev–Trinajstić information content (AvgIpc) is 2.22. The van der Waals surface area contributed by atoms with E-state index in [0.717, 1.165) is 12.8 Å². The Morgan fingerprint density at radius 1 is 0.857 bits per heavy atom. The minimum Gasteiger partial charge on any atom is -0.377 e. The first kappa shape index (κ1) is 12.2. The van der Waals surface area contributed by atoms with E-state index in [1.807, 2.05) is 0 Å². The van der Waals surface area contributed by atoms with Crippen LogP contribution in [-0.2, 0) is 13.3 Å². The number of hydrogen-bond donors (Lipinski definition) is 0. The van der Waals surface area contributed by atoms with Crippen molar-refractivity contribution in [1.29, 1.82) is 0 Å². The van der Waals surface area contributed by atoms with Crippen LogP contribution in [0.1, 0.15) is 39.0 Å². The lowest BCUT2D eigenvalue weighted by Crippen LogP contribution is -2.54. The molecule has 0 aliphatic heterocycles. The molecule has 1 saturated carbocycles. The van der Waals surface area contributed by atoms with Gasteiger partial charge in [0.1, 0.15) is 0 Å². The Bertz CT molecular complexity index is 166. The smallest absolute Gasteiger partial charge is 0.377 e. The van der Waals surface area contributed by atoms with Gasteiger partial charge < -0.3 is 13.3 Å². The predicted molar refractivity (Wildman–Crippen MR) is 58.2 cm³/mol. The van der Waals surface area contributed by atoms with Crippen molar-refractivity contribution in [3.63, 3.8) is 0 Å². The first-order valence-electron chi connectivity index (χ1n) is 5.29. The monoisotopic (exact) mass is 218 g/mol. The molecule has 0 aromatic carbocycles. The SMILES string of the molecule is CO[Si](OC)(OC)C1(C)CCCCC1. The van der Waals surface area contributed by atoms with Crippen LogP contribution < -0.4 is 0 Å². The van der Waals surface area contributed by atoms with Crippen LogP contribution in [0.25, 0.3) is 0 Å². The summed E-state index contributed by atoms with van der Waals surface area (Å²) in [6.45, 7) is 2.24. The van der Waals surface area contributed by atoms with Crippen LogP contribution in [0.2, 0.25) is 5.04 Å². The van der Waals surface area contributed by atoms with Crippen molar-refractivity contribution in [3.05, 3.63) is 0 Å². The second-order valence-electron chi connectivity index (χ2n) is 4.29. The Balaban J connectivity index is 2.83. The zero-order valence-corrected chi connectivity index (χ0v) is 10.8. The number of rotatable bonds is 4. The summed E-state index contributed by atoms with van der Waals surface area (Å²) in [5, 5.41) is 0.115. The lowest BCUT2D eigenvalue weighted by atomic mass is 9.90. The molecule has 0 N–H and O–H groups in total. The maximum absolute atomic E-state index is 5.57. The summed E-state index contributed by atoms with van der Waals surface area (Å²) in [4.78, 5) is 0. The van der Waals surface area contributed by atoms with Crippen molar-refractivity contribution < 1.29 is 13.3 Å². The van der Waals surface area contributed by atoms with Gasteiger partial charge in [-0.05, 0) is 12.8 Å². The van der Waals surface area contributed by atoms with Gasteiger partial charge in [0.15, 0.2) is 0 Å². The summed E-state index contributed by atoms with van der Waals surface area (Å²) in [5.74, 6) is 0. The van der Waals surface area contributed by atoms with Crippen LogP contribution in [0, 0.1) is 0 Å². The quantitative estimate of drug-likeness (QED) is 0.679. The molecule has 0 atom stereocenters. The lowest BCUT2D eigenvalue weighted by Gasteiger charge is -2.43. The third-order valence-electron chi connectivity index (χ3n) is 3.50. The standard InChI is InChI=1S/C10H22O3Si/c1-10(8-6-5-7-9-10)14(11-2,12-3)13-4/h5-9H2,1-4H3. The molecule has 0 bridgehead atoms. The fraction of sp³-hybridized carbons (Fsp3) is 1.00. The molecule has 0 spiro atoms. The van der Waals surface area contributed by atoms with Crippen LogP contribution >= 0.6 is 0 Å². The fourth-order valence-corrected chi connectivity index (χ4v) is 5.57. The molecule has 0 unspecified atom stereocenters. The van der Waals surface area contributed by atoms with E-state index < -0.39 is 8.80 Å². The van der Waals surface area contributed by atoms with Gasteiger partial charge in [0.25, 0.3) is 0 Å². The number of hydrogen-bond acceptors (Lipinski definition) is 3. The summed E-state index contributed by atoms with van der Waals surface area (Å²) in [5.41, 5.74) is 0. The summed E-state index contributed by atoms with van der Waals surface area (Å²) in [7, 11) is 2.68. The van der Waals surface area contributed by atoms with Gasteiger partial charge in [-0.1, -0.05) is 26.2 Å². The molecule has 0 saturated heterocycles. The van der Waals surface area contributed by atoms with Gasteiger partial charge in [0, 0.05) is 26.4 Å². The van der Waals surface area contributed by atoms with Gasteiger partial charge in [-0.2, -0.15) is 0 Å². The van der Waals surface area contributed by atoms with E-state index in [-0.39, 0.29) is 5.04 Å². The average molecular weight is 218 g/mol. The summed E-state index contributed by atoms with van der Waals surface area (Å²) in [6, 6.07) is 0. The minimum absolute atomic E-state index is 0.115. The molecule has 4 heteroatoms. The van der Waals surface area contributed by atoms with Crippen molar-refractivity contribution in [1.82, 2.24) is 0 Å². The second kappa shape index (κ2) is 4.75. The van der Waals surface area contributed by atoms with Gasteiger partial charge in [-0.25, -0.2) is 0 Å². The third kappa shape index (κ3) is 1.89. The van der Waals surface area contributed by atoms with E-state index >= 15 is 0 Å². The first-order valence-corrected chi connectivity index (χ1v) is 7.02. The molecule has 1 rings (SSSR count). The summed E-state index contributed by atoms with van der Waals surface area (Å²) < 4.78 is 16.7. The highest BCUT2D eigenvalue weighted by atomic mass is 28.4. The van der Waals surface area contributed by atoms with E-state index in [9.17, 15) is 0 Å². The Labute approximate surface area is 88.1 Å². The zero-order chi connectivity index (χ0) is 10.7. The molecule has 0 radical (unpaired) electrons. The molecule has 1 aliphatic carbocycles. The van der Waals surface area contributed by atoms with Crippen LogP contribution in [-0.4, -0.2) is 30.1 Å². The maximum Gasteiger partial charge on any atom is 0.506 e. The van der Waals surface area contributed by atoms with Gasteiger partial charge in [-0.15, -0.1) is 0 Å². The molecule has 0 heterocycles. The molecule has 14 heavy (non-hydrogen) atoms. The van der Waals surface area contributed by atoms with Crippen molar-refractivity contribution in [3.8, 4) is 0 Å². The molecule has 0 aromatic heterocycles. The predicted octanol–water partition coefficient (Wildman–Crippen LogP) is 2.59. The van der Waals surface area contributed by atoms with Gasteiger partial charge in [0.2, 0.25) is 0 Å². The maximum atomic E-state index is 5.57. The summed E-state index contributed by atoms with van der Waals surface area (Å²) in [6.07, 6.45) is 6.18. The molecular weight excluding hydrogens is 196 g/mol. The molecule has 1 fully saturated rings. The topological polar surface area (TPSA) is 27.7 Å². The van der Waals surface area contributed by atoms with E-state index in [2.05, 4.69) is 6.92 Å². The highest BCUT2D eigenvalue weighted by molar-refractivity contribution is 6.64. The largest absolute Gasteiger partial charge is 0.506 e. The normalized spacial score (nSPS) is 22.3. The molecular formula is C10H22O3Si. The highest BCUT2D eigenvalue weighted by Crippen LogP contribution is 2.50. The lowest BCUT2D eigenvalue weighted by molar-refractivity contribution is 0.0810. The Morgan fingerprint density at radius 3 is 1.64 bits per heavy atom. The molecule has 1 aliphatic rings. The van der Waals surface area contributed by atoms with Crippen LogP contribution in [0.4, 0.5) is 0 Å². The van der Waals surface area contributed by atoms with E-state index in [0.29, 0.717) is 0 Å². The third-order valence-corrected chi connectivity index (χ3v) is 7.09. The Morgan fingerprint density at radius 2 is 1.29 bits per heavy atom. The second-order valence-corrected chi connectivity index (χ2v) is 7.83. The van der Waals surface area contributed by atoms with Crippen LogP contribution in [0.3, 0.4) is 0 Å². The van der Waals surface area contributed by atoms with Crippen molar-refractivity contribution >= 4 is 8.80 Å². The molecule has 0 amide bonds. The van der Waals surface area contributed by atoms with Gasteiger partial charge in [-0.3, -0.25) is 0 Å². The molecule has 84 valence electrons. The molecule has 3 nitrogen and oxygen atoms in total. The van der Waals surface area contributed by atoms with E-state index in [1.54, 1.807) is 21.3 Å². The van der Waals surface area contributed by atoms with Crippen LogP contribution in [0.5, 0.6) is 0 Å². The first-order chi connectivity index (χ1) is 6.64. The van der Waals surface area contributed by atoms with Gasteiger partial charge >= 0.3 is 8.80 Å². The highest BCUT2D eigenvalue weighted by Gasteiger charge is 2.56. The van der Waals surface area contributed by atoms with Crippen LogP contribution in [0.15, 0.2) is 0 Å².